The van der Waals surface area contributed by atoms with E-state index >= 15 is 0 Å². The molecule has 0 aliphatic heterocycles. The zero-order valence-corrected chi connectivity index (χ0v) is 12.2. The predicted molar refractivity (Wildman–Crippen MR) is 78.3 cm³/mol. The Bertz CT molecular complexity index is 558. The number of likely N-dealkylation sites (N-methyl/N-ethyl adjacent to an activating group) is 1. The van der Waals surface area contributed by atoms with Gasteiger partial charge in [0.15, 0.2) is 0 Å². The van der Waals surface area contributed by atoms with Gasteiger partial charge >= 0.3 is 0 Å². The summed E-state index contributed by atoms with van der Waals surface area (Å²) >= 11 is 0. The van der Waals surface area contributed by atoms with Crippen molar-refractivity contribution in [1.82, 2.24) is 14.5 Å². The second-order valence-electron chi connectivity index (χ2n) is 5.54. The highest BCUT2D eigenvalue weighted by Gasteiger charge is 2.11. The molecule has 0 spiro atoms. The maximum atomic E-state index is 9.47. The molecular weight excluding hydrogens is 238 g/mol. The van der Waals surface area contributed by atoms with Crippen LogP contribution >= 0.6 is 0 Å². The molecule has 19 heavy (non-hydrogen) atoms. The molecule has 0 radical (unpaired) electrons. The molecular formula is C15H23N3O. The molecule has 0 bridgehead atoms. The maximum Gasteiger partial charge on any atom is 0.135 e. The van der Waals surface area contributed by atoms with Gasteiger partial charge in [0.05, 0.1) is 11.0 Å². The molecule has 1 N–H and O–H groups in total. The van der Waals surface area contributed by atoms with Crippen LogP contribution in [0, 0.1) is 0 Å². The van der Waals surface area contributed by atoms with Crippen molar-refractivity contribution in [2.24, 2.45) is 0 Å². The molecule has 0 atom stereocenters. The van der Waals surface area contributed by atoms with Gasteiger partial charge in [0.25, 0.3) is 0 Å². The quantitative estimate of drug-likeness (QED) is 0.897. The van der Waals surface area contributed by atoms with E-state index in [2.05, 4.69) is 60.6 Å². The fraction of sp³-hybridized carbons (Fsp3) is 0.533. The third-order valence-corrected chi connectivity index (χ3v) is 3.43. The third-order valence-electron chi connectivity index (χ3n) is 3.43. The first-order chi connectivity index (χ1) is 9.02. The number of hydrogen-bond acceptors (Lipinski definition) is 3. The van der Waals surface area contributed by atoms with E-state index < -0.39 is 0 Å². The number of aliphatic hydroxyl groups is 1. The summed E-state index contributed by atoms with van der Waals surface area (Å²) in [6.07, 6.45) is 0. The molecule has 1 aromatic heterocycles. The number of aromatic nitrogens is 2. The van der Waals surface area contributed by atoms with Crippen LogP contribution in [0.5, 0.6) is 0 Å². The van der Waals surface area contributed by atoms with E-state index in [1.54, 1.807) is 0 Å². The molecule has 0 aliphatic rings. The number of benzene rings is 1. The summed E-state index contributed by atoms with van der Waals surface area (Å²) in [5.74, 6) is 1.24. The van der Waals surface area contributed by atoms with E-state index in [1.165, 1.54) is 5.56 Å². The second-order valence-corrected chi connectivity index (χ2v) is 5.54. The van der Waals surface area contributed by atoms with Crippen LogP contribution in [0.25, 0.3) is 11.0 Å². The summed E-state index contributed by atoms with van der Waals surface area (Å²) in [6.45, 7) is 6.12. The Kier molecular flexibility index (Phi) is 4.22. The normalized spacial score (nSPS) is 11.9. The minimum atomic E-state index is -0.0148. The highest BCUT2D eigenvalue weighted by atomic mass is 16.3. The van der Waals surface area contributed by atoms with Crippen molar-refractivity contribution in [1.29, 1.82) is 0 Å². The highest BCUT2D eigenvalue weighted by Crippen LogP contribution is 2.22. The lowest BCUT2D eigenvalue weighted by molar-refractivity contribution is 0.263. The van der Waals surface area contributed by atoms with Crippen LogP contribution in [-0.4, -0.2) is 40.2 Å². The largest absolute Gasteiger partial charge is 0.388 e. The average Bonchev–Trinajstić information content (AvgIpc) is 2.72. The number of rotatable bonds is 5. The fourth-order valence-corrected chi connectivity index (χ4v) is 2.23. The SMILES string of the molecule is CC(C)c1ccc2c(c1)nc(CO)n2CCN(C)C. The molecule has 0 saturated heterocycles. The summed E-state index contributed by atoms with van der Waals surface area (Å²) in [6, 6.07) is 6.40. The van der Waals surface area contributed by atoms with Crippen molar-refractivity contribution < 1.29 is 5.11 Å². The second kappa shape index (κ2) is 5.72. The van der Waals surface area contributed by atoms with Crippen LogP contribution in [0.4, 0.5) is 0 Å². The van der Waals surface area contributed by atoms with Crippen LogP contribution in [0.3, 0.4) is 0 Å². The molecule has 2 rings (SSSR count). The van der Waals surface area contributed by atoms with Crippen molar-refractivity contribution in [2.75, 3.05) is 20.6 Å². The molecule has 0 amide bonds. The Morgan fingerprint density at radius 1 is 1.32 bits per heavy atom. The Balaban J connectivity index is 2.43. The van der Waals surface area contributed by atoms with E-state index in [9.17, 15) is 5.11 Å². The molecule has 0 saturated carbocycles. The Morgan fingerprint density at radius 2 is 2.05 bits per heavy atom. The van der Waals surface area contributed by atoms with Crippen LogP contribution < -0.4 is 0 Å². The maximum absolute atomic E-state index is 9.47. The van der Waals surface area contributed by atoms with Gasteiger partial charge in [0, 0.05) is 13.1 Å². The molecule has 4 heteroatoms. The molecule has 2 aromatic rings. The molecule has 0 unspecified atom stereocenters. The van der Waals surface area contributed by atoms with Gasteiger partial charge in [0.1, 0.15) is 12.4 Å². The van der Waals surface area contributed by atoms with E-state index in [4.69, 9.17) is 0 Å². The minimum Gasteiger partial charge on any atom is -0.388 e. The number of imidazole rings is 1. The molecule has 1 heterocycles. The van der Waals surface area contributed by atoms with E-state index in [-0.39, 0.29) is 6.61 Å². The van der Waals surface area contributed by atoms with Crippen LogP contribution in [0.15, 0.2) is 18.2 Å². The highest BCUT2D eigenvalue weighted by molar-refractivity contribution is 5.77. The van der Waals surface area contributed by atoms with Crippen molar-refractivity contribution in [2.45, 2.75) is 32.9 Å². The summed E-state index contributed by atoms with van der Waals surface area (Å²) < 4.78 is 2.11. The minimum absolute atomic E-state index is 0.0148. The fourth-order valence-electron chi connectivity index (χ4n) is 2.23. The lowest BCUT2D eigenvalue weighted by atomic mass is 10.0. The van der Waals surface area contributed by atoms with Crippen molar-refractivity contribution in [3.63, 3.8) is 0 Å². The zero-order chi connectivity index (χ0) is 14.0. The first kappa shape index (κ1) is 14.0. The van der Waals surface area contributed by atoms with Gasteiger partial charge in [-0.15, -0.1) is 0 Å². The molecule has 4 nitrogen and oxygen atoms in total. The lowest BCUT2D eigenvalue weighted by Crippen LogP contribution is -2.19. The number of fused-ring (bicyclic) bond motifs is 1. The van der Waals surface area contributed by atoms with Crippen LogP contribution in [0.1, 0.15) is 31.2 Å². The summed E-state index contributed by atoms with van der Waals surface area (Å²) in [5.41, 5.74) is 3.37. The third kappa shape index (κ3) is 2.96. The molecule has 104 valence electrons. The van der Waals surface area contributed by atoms with Gasteiger partial charge in [-0.1, -0.05) is 19.9 Å². The molecule has 0 aliphatic carbocycles. The monoisotopic (exact) mass is 261 g/mol. The smallest absolute Gasteiger partial charge is 0.135 e. The Morgan fingerprint density at radius 3 is 2.63 bits per heavy atom. The Hall–Kier alpha value is -1.39. The first-order valence-corrected chi connectivity index (χ1v) is 6.77. The van der Waals surface area contributed by atoms with Crippen molar-refractivity contribution in [3.8, 4) is 0 Å². The van der Waals surface area contributed by atoms with E-state index in [0.717, 1.165) is 29.9 Å². The van der Waals surface area contributed by atoms with Crippen molar-refractivity contribution in [3.05, 3.63) is 29.6 Å². The predicted octanol–water partition coefficient (Wildman–Crippen LogP) is 2.21. The van der Waals surface area contributed by atoms with Gasteiger partial charge < -0.3 is 14.6 Å². The number of nitrogens with zero attached hydrogens (tertiary/aromatic N) is 3. The van der Waals surface area contributed by atoms with Gasteiger partial charge in [-0.3, -0.25) is 0 Å². The molecule has 0 fully saturated rings. The lowest BCUT2D eigenvalue weighted by Gasteiger charge is -2.12. The standard InChI is InChI=1S/C15H23N3O/c1-11(2)12-5-6-14-13(9-12)16-15(10-19)18(14)8-7-17(3)4/h5-6,9,11,19H,7-8,10H2,1-4H3. The summed E-state index contributed by atoms with van der Waals surface area (Å²) in [4.78, 5) is 6.68. The average molecular weight is 261 g/mol. The topological polar surface area (TPSA) is 41.3 Å². The van der Waals surface area contributed by atoms with Gasteiger partial charge in [-0.2, -0.15) is 0 Å². The zero-order valence-electron chi connectivity index (χ0n) is 12.2. The van der Waals surface area contributed by atoms with Gasteiger partial charge in [0.2, 0.25) is 0 Å². The molecule has 1 aromatic carbocycles. The number of hydrogen-bond donors (Lipinski definition) is 1. The summed E-state index contributed by atoms with van der Waals surface area (Å²) in [5, 5.41) is 9.47. The van der Waals surface area contributed by atoms with Crippen LogP contribution in [0.2, 0.25) is 0 Å². The van der Waals surface area contributed by atoms with Crippen molar-refractivity contribution >= 4 is 11.0 Å². The van der Waals surface area contributed by atoms with Gasteiger partial charge in [-0.25, -0.2) is 4.98 Å². The summed E-state index contributed by atoms with van der Waals surface area (Å²) in [7, 11) is 4.10. The van der Waals surface area contributed by atoms with E-state index in [1.807, 2.05) is 0 Å². The first-order valence-electron chi connectivity index (χ1n) is 6.77. The van der Waals surface area contributed by atoms with E-state index in [0.29, 0.717) is 5.92 Å². The van der Waals surface area contributed by atoms with Gasteiger partial charge in [-0.05, 0) is 37.7 Å². The Labute approximate surface area is 114 Å². The number of aliphatic hydroxyl groups excluding tert-OH is 1. The van der Waals surface area contributed by atoms with Crippen LogP contribution in [-0.2, 0) is 13.2 Å².